The van der Waals surface area contributed by atoms with Crippen molar-refractivity contribution < 1.29 is 19.2 Å². The number of benzene rings is 2. The summed E-state index contributed by atoms with van der Waals surface area (Å²) in [4.78, 5) is 70.6. The first-order valence-electron chi connectivity index (χ1n) is 16.6. The van der Waals surface area contributed by atoms with Gasteiger partial charge in [0.25, 0.3) is 17.4 Å². The molecule has 0 spiro atoms. The molecular formula is C35H39BrN8O5. The van der Waals surface area contributed by atoms with Gasteiger partial charge in [-0.05, 0) is 71.1 Å². The van der Waals surface area contributed by atoms with Crippen molar-refractivity contribution in [2.45, 2.75) is 43.8 Å². The van der Waals surface area contributed by atoms with E-state index < -0.39 is 29.7 Å². The van der Waals surface area contributed by atoms with Crippen LogP contribution in [-0.4, -0.2) is 107 Å². The molecule has 4 aliphatic rings. The van der Waals surface area contributed by atoms with E-state index in [1.165, 1.54) is 15.8 Å². The second-order valence-electron chi connectivity index (χ2n) is 13.5. The molecule has 256 valence electrons. The Morgan fingerprint density at radius 3 is 2.39 bits per heavy atom. The van der Waals surface area contributed by atoms with E-state index in [1.807, 2.05) is 6.07 Å². The number of nitrogens with one attached hydrogen (secondary N) is 2. The van der Waals surface area contributed by atoms with Crippen LogP contribution in [0.15, 0.2) is 57.9 Å². The van der Waals surface area contributed by atoms with Gasteiger partial charge in [-0.15, -0.1) is 0 Å². The number of imide groups is 2. The van der Waals surface area contributed by atoms with Gasteiger partial charge in [-0.25, -0.2) is 4.68 Å². The number of aryl methyl sites for hydroxylation is 1. The van der Waals surface area contributed by atoms with Crippen LogP contribution in [0.2, 0.25) is 0 Å². The van der Waals surface area contributed by atoms with Crippen molar-refractivity contribution in [3.8, 4) is 0 Å². The highest BCUT2D eigenvalue weighted by atomic mass is 79.9. The molecule has 4 aliphatic heterocycles. The van der Waals surface area contributed by atoms with Crippen molar-refractivity contribution in [3.63, 3.8) is 0 Å². The maximum Gasteiger partial charge on any atom is 0.282 e. The van der Waals surface area contributed by atoms with Gasteiger partial charge < -0.3 is 15.1 Å². The lowest BCUT2D eigenvalue weighted by atomic mass is 9.87. The molecule has 49 heavy (non-hydrogen) atoms. The molecule has 13 nitrogen and oxygen atoms in total. The standard InChI is InChI=1S/C35H39BrN8O5/c1-40-19-23(15-24(20-40)38-28-17-37-41(2)35(49)31(28)36)22-5-3-21(4-6-22)18-42-11-13-43(14-12-42)25-7-8-26-27(16-25)34(48)44(33(26)47)29-9-10-30(45)39-32(29)46/h3-8,16-17,23-24,29,38H,9-15,18-20H2,1-2H3,(H,39,45,46)/t23-,24+,29?/m1/s1. The summed E-state index contributed by atoms with van der Waals surface area (Å²) in [6, 6.07) is 13.4. The highest BCUT2D eigenvalue weighted by Crippen LogP contribution is 2.32. The fraction of sp³-hybridized carbons (Fsp3) is 0.429. The molecule has 3 aromatic rings. The summed E-state index contributed by atoms with van der Waals surface area (Å²) >= 11 is 3.43. The number of halogens is 1. The number of aromatic nitrogens is 2. The molecule has 2 aromatic carbocycles. The number of piperidine rings is 2. The minimum atomic E-state index is -0.970. The summed E-state index contributed by atoms with van der Waals surface area (Å²) in [7, 11) is 3.76. The minimum absolute atomic E-state index is 0.0938. The molecule has 3 saturated heterocycles. The number of hydrogen-bond donors (Lipinski definition) is 2. The average molecular weight is 732 g/mol. The maximum absolute atomic E-state index is 13.3. The SMILES string of the molecule is CN1C[C@@H](Nc2cnn(C)c(=O)c2Br)C[C@@H](c2ccc(CN3CCN(c4ccc5c(c4)C(=O)N(C4CCC(=O)NC4=O)C5=O)CC3)cc2)C1. The fourth-order valence-electron chi connectivity index (χ4n) is 7.47. The van der Waals surface area contributed by atoms with Crippen LogP contribution in [0.3, 0.4) is 0 Å². The number of piperazine rings is 1. The van der Waals surface area contributed by atoms with Crippen LogP contribution in [0.4, 0.5) is 11.4 Å². The van der Waals surface area contributed by atoms with Crippen molar-refractivity contribution in [1.29, 1.82) is 0 Å². The first-order valence-corrected chi connectivity index (χ1v) is 17.4. The number of hydrogen-bond acceptors (Lipinski definition) is 10. The lowest BCUT2D eigenvalue weighted by Gasteiger charge is -2.37. The smallest absolute Gasteiger partial charge is 0.282 e. The first-order chi connectivity index (χ1) is 23.5. The molecule has 1 aromatic heterocycles. The number of carbonyl (C=O) groups excluding carboxylic acids is 4. The number of likely N-dealkylation sites (N-methyl/N-ethyl adjacent to an activating group) is 1. The predicted octanol–water partition coefficient (Wildman–Crippen LogP) is 2.17. The van der Waals surface area contributed by atoms with Crippen molar-refractivity contribution in [3.05, 3.63) is 85.7 Å². The van der Waals surface area contributed by atoms with E-state index in [0.717, 1.165) is 62.8 Å². The lowest BCUT2D eigenvalue weighted by Crippen LogP contribution is -2.54. The topological polar surface area (TPSA) is 140 Å². The summed E-state index contributed by atoms with van der Waals surface area (Å²) in [6.07, 6.45) is 2.87. The molecular weight excluding hydrogens is 692 g/mol. The van der Waals surface area contributed by atoms with Crippen molar-refractivity contribution in [2.24, 2.45) is 7.05 Å². The van der Waals surface area contributed by atoms with Gasteiger partial charge in [0, 0.05) is 71.0 Å². The van der Waals surface area contributed by atoms with Crippen LogP contribution >= 0.6 is 15.9 Å². The quantitative estimate of drug-likeness (QED) is 0.348. The molecule has 0 radical (unpaired) electrons. The number of nitrogens with zero attached hydrogens (tertiary/aromatic N) is 6. The summed E-state index contributed by atoms with van der Waals surface area (Å²) in [5, 5.41) is 9.93. The van der Waals surface area contributed by atoms with Gasteiger partial charge >= 0.3 is 0 Å². The molecule has 0 aliphatic carbocycles. The molecule has 0 saturated carbocycles. The van der Waals surface area contributed by atoms with Crippen LogP contribution in [-0.2, 0) is 23.2 Å². The number of amides is 4. The minimum Gasteiger partial charge on any atom is -0.379 e. The molecule has 0 bridgehead atoms. The Morgan fingerprint density at radius 2 is 1.65 bits per heavy atom. The Kier molecular flexibility index (Phi) is 9.11. The number of fused-ring (bicyclic) bond motifs is 1. The van der Waals surface area contributed by atoms with E-state index in [4.69, 9.17) is 0 Å². The molecule has 7 rings (SSSR count). The Balaban J connectivity index is 0.936. The second-order valence-corrected chi connectivity index (χ2v) is 14.3. The summed E-state index contributed by atoms with van der Waals surface area (Å²) in [5.74, 6) is -1.62. The second kappa shape index (κ2) is 13.5. The van der Waals surface area contributed by atoms with Gasteiger partial charge in [0.1, 0.15) is 10.5 Å². The highest BCUT2D eigenvalue weighted by Gasteiger charge is 2.44. The van der Waals surface area contributed by atoms with Gasteiger partial charge in [-0.3, -0.25) is 39.1 Å². The van der Waals surface area contributed by atoms with Crippen molar-refractivity contribution in [2.75, 3.05) is 56.5 Å². The monoisotopic (exact) mass is 730 g/mol. The largest absolute Gasteiger partial charge is 0.379 e. The van der Waals surface area contributed by atoms with Crippen LogP contribution in [0.25, 0.3) is 0 Å². The third-order valence-electron chi connectivity index (χ3n) is 10.1. The Labute approximate surface area is 292 Å². The third kappa shape index (κ3) is 6.64. The summed E-state index contributed by atoms with van der Waals surface area (Å²) in [5.41, 5.74) is 4.57. The zero-order valence-electron chi connectivity index (χ0n) is 27.5. The van der Waals surface area contributed by atoms with Crippen LogP contribution in [0.1, 0.15) is 57.0 Å². The highest BCUT2D eigenvalue weighted by molar-refractivity contribution is 9.10. The molecule has 14 heteroatoms. The molecule has 3 atom stereocenters. The zero-order valence-corrected chi connectivity index (χ0v) is 29.1. The van der Waals surface area contributed by atoms with E-state index in [0.29, 0.717) is 27.2 Å². The van der Waals surface area contributed by atoms with E-state index in [9.17, 15) is 24.0 Å². The van der Waals surface area contributed by atoms with E-state index in [2.05, 4.69) is 77.7 Å². The first kappa shape index (κ1) is 33.1. The predicted molar refractivity (Wildman–Crippen MR) is 186 cm³/mol. The number of carbonyl (C=O) groups is 4. The van der Waals surface area contributed by atoms with E-state index in [1.54, 1.807) is 25.4 Å². The lowest BCUT2D eigenvalue weighted by molar-refractivity contribution is -0.136. The van der Waals surface area contributed by atoms with Gasteiger partial charge in [-0.2, -0.15) is 5.10 Å². The Morgan fingerprint density at radius 1 is 0.918 bits per heavy atom. The van der Waals surface area contributed by atoms with Crippen LogP contribution in [0.5, 0.6) is 0 Å². The molecule has 4 amide bonds. The Hall–Kier alpha value is -4.40. The normalized spacial score (nSPS) is 23.5. The molecule has 5 heterocycles. The van der Waals surface area contributed by atoms with Gasteiger partial charge in [0.05, 0.1) is 23.0 Å². The Bertz CT molecular complexity index is 1870. The number of likely N-dealkylation sites (tertiary alicyclic amines) is 1. The summed E-state index contributed by atoms with van der Waals surface area (Å²) < 4.78 is 1.81. The van der Waals surface area contributed by atoms with Crippen LogP contribution < -0.4 is 21.1 Å². The van der Waals surface area contributed by atoms with Crippen LogP contribution in [0, 0.1) is 0 Å². The number of anilines is 2. The zero-order chi connectivity index (χ0) is 34.4. The maximum atomic E-state index is 13.3. The van der Waals surface area contributed by atoms with Crippen molar-refractivity contribution in [1.82, 2.24) is 29.8 Å². The number of rotatable bonds is 7. The fourth-order valence-corrected chi connectivity index (χ4v) is 7.94. The third-order valence-corrected chi connectivity index (χ3v) is 10.9. The molecule has 3 fully saturated rings. The van der Waals surface area contributed by atoms with Gasteiger partial charge in [0.2, 0.25) is 11.8 Å². The molecule has 2 N–H and O–H groups in total. The van der Waals surface area contributed by atoms with E-state index >= 15 is 0 Å². The summed E-state index contributed by atoms with van der Waals surface area (Å²) in [6.45, 7) is 5.93. The van der Waals surface area contributed by atoms with E-state index in [-0.39, 0.29) is 24.4 Å². The van der Waals surface area contributed by atoms with Gasteiger partial charge in [0.15, 0.2) is 0 Å². The average Bonchev–Trinajstić information content (AvgIpc) is 3.34. The van der Waals surface area contributed by atoms with Crippen molar-refractivity contribution >= 4 is 50.9 Å². The van der Waals surface area contributed by atoms with Gasteiger partial charge in [-0.1, -0.05) is 24.3 Å². The molecule has 1 unspecified atom stereocenters.